The number of alkyl halides is 3. The molecule has 3 aromatic rings. The van der Waals surface area contributed by atoms with Gasteiger partial charge in [-0.05, 0) is 30.3 Å². The molecule has 0 aliphatic carbocycles. The van der Waals surface area contributed by atoms with Crippen molar-refractivity contribution in [2.24, 2.45) is 0 Å². The lowest BCUT2D eigenvalue weighted by Gasteiger charge is -2.06. The number of fused-ring (bicyclic) bond motifs is 1. The molecule has 0 aliphatic rings. The van der Waals surface area contributed by atoms with E-state index in [1.807, 2.05) is 0 Å². The predicted molar refractivity (Wildman–Crippen MR) is 72.1 cm³/mol. The second-order valence-corrected chi connectivity index (χ2v) is 5.22. The maximum Gasteiger partial charge on any atom is 0.433 e. The topological polar surface area (TPSA) is 37.8 Å². The van der Waals surface area contributed by atoms with Crippen LogP contribution in [0.15, 0.2) is 36.5 Å². The van der Waals surface area contributed by atoms with Crippen molar-refractivity contribution in [3.8, 4) is 0 Å². The number of anilines is 2. The van der Waals surface area contributed by atoms with Crippen LogP contribution in [-0.2, 0) is 6.18 Å². The quantitative estimate of drug-likeness (QED) is 0.703. The van der Waals surface area contributed by atoms with Gasteiger partial charge in [0, 0.05) is 0 Å². The highest BCUT2D eigenvalue weighted by atomic mass is 32.1. The molecule has 0 spiro atoms. The molecule has 0 amide bonds. The zero-order chi connectivity index (χ0) is 15.0. The second-order valence-electron chi connectivity index (χ2n) is 4.19. The Morgan fingerprint density at radius 3 is 2.57 bits per heavy atom. The van der Waals surface area contributed by atoms with Crippen LogP contribution in [0.25, 0.3) is 10.2 Å². The predicted octanol–water partition coefficient (Wildman–Crippen LogP) is 4.59. The maximum atomic E-state index is 13.1. The van der Waals surface area contributed by atoms with E-state index in [0.717, 1.165) is 12.3 Å². The Morgan fingerprint density at radius 1 is 1.10 bits per heavy atom. The summed E-state index contributed by atoms with van der Waals surface area (Å²) < 4.78 is 50.9. The maximum absolute atomic E-state index is 13.1. The van der Waals surface area contributed by atoms with E-state index in [2.05, 4.69) is 15.3 Å². The monoisotopic (exact) mass is 313 g/mol. The van der Waals surface area contributed by atoms with Crippen LogP contribution in [0.4, 0.5) is 28.4 Å². The van der Waals surface area contributed by atoms with Gasteiger partial charge in [0.1, 0.15) is 11.5 Å². The average molecular weight is 313 g/mol. The lowest BCUT2D eigenvalue weighted by atomic mass is 10.3. The number of benzene rings is 1. The number of hydrogen-bond acceptors (Lipinski definition) is 4. The molecule has 0 saturated carbocycles. The number of nitrogens with zero attached hydrogens (tertiary/aromatic N) is 2. The van der Waals surface area contributed by atoms with Crippen LogP contribution in [0, 0.1) is 5.82 Å². The molecule has 8 heteroatoms. The van der Waals surface area contributed by atoms with Crippen molar-refractivity contribution in [3.05, 3.63) is 48.0 Å². The summed E-state index contributed by atoms with van der Waals surface area (Å²) in [7, 11) is 0. The molecule has 0 aliphatic heterocycles. The first-order valence-corrected chi connectivity index (χ1v) is 6.60. The van der Waals surface area contributed by atoms with Gasteiger partial charge in [-0.2, -0.15) is 13.2 Å². The Bertz CT molecular complexity index is 780. The van der Waals surface area contributed by atoms with E-state index in [9.17, 15) is 17.6 Å². The minimum atomic E-state index is -4.47. The molecule has 21 heavy (non-hydrogen) atoms. The number of aromatic nitrogens is 2. The Morgan fingerprint density at radius 2 is 1.90 bits per heavy atom. The number of rotatable bonds is 2. The van der Waals surface area contributed by atoms with E-state index in [0.29, 0.717) is 21.0 Å². The largest absolute Gasteiger partial charge is 0.433 e. The molecule has 0 unspecified atom stereocenters. The van der Waals surface area contributed by atoms with Crippen molar-refractivity contribution in [1.29, 1.82) is 0 Å². The summed E-state index contributed by atoms with van der Waals surface area (Å²) in [5, 5.41) is 3.30. The number of pyridine rings is 1. The molecule has 0 radical (unpaired) electrons. The van der Waals surface area contributed by atoms with E-state index in [-0.39, 0.29) is 5.82 Å². The highest BCUT2D eigenvalue weighted by Crippen LogP contribution is 2.30. The SMILES string of the molecule is Fc1ccc2nc(Nc3ccc(C(F)(F)F)nc3)sc2c1. The van der Waals surface area contributed by atoms with Gasteiger partial charge in [-0.25, -0.2) is 14.4 Å². The fraction of sp³-hybridized carbons (Fsp3) is 0.0769. The van der Waals surface area contributed by atoms with Crippen LogP contribution in [0.3, 0.4) is 0 Å². The van der Waals surface area contributed by atoms with Crippen LogP contribution >= 0.6 is 11.3 Å². The van der Waals surface area contributed by atoms with Crippen LogP contribution in [-0.4, -0.2) is 9.97 Å². The summed E-state index contributed by atoms with van der Waals surface area (Å²) in [6.07, 6.45) is -3.39. The molecule has 1 N–H and O–H groups in total. The molecule has 0 fully saturated rings. The Labute approximate surface area is 120 Å². The first kappa shape index (κ1) is 13.7. The standard InChI is InChI=1S/C13H7F4N3S/c14-7-1-3-9-10(5-7)21-12(20-9)19-8-2-4-11(18-6-8)13(15,16)17/h1-6H,(H,19,20). The molecule has 0 atom stereocenters. The number of hydrogen-bond donors (Lipinski definition) is 1. The normalized spacial score (nSPS) is 11.8. The second kappa shape index (κ2) is 4.96. The molecule has 2 aromatic heterocycles. The van der Waals surface area contributed by atoms with Gasteiger partial charge in [-0.3, -0.25) is 0 Å². The third-order valence-corrected chi connectivity index (χ3v) is 3.59. The van der Waals surface area contributed by atoms with Gasteiger partial charge in [0.25, 0.3) is 0 Å². The summed E-state index contributed by atoms with van der Waals surface area (Å²) in [6.45, 7) is 0. The lowest BCUT2D eigenvalue weighted by molar-refractivity contribution is -0.141. The lowest BCUT2D eigenvalue weighted by Crippen LogP contribution is -2.07. The number of halogens is 4. The van der Waals surface area contributed by atoms with E-state index in [4.69, 9.17) is 0 Å². The van der Waals surface area contributed by atoms with Gasteiger partial charge >= 0.3 is 6.18 Å². The molecule has 108 valence electrons. The number of thiazole rings is 1. The Balaban J connectivity index is 1.84. The van der Waals surface area contributed by atoms with Crippen molar-refractivity contribution in [3.63, 3.8) is 0 Å². The van der Waals surface area contributed by atoms with Crippen molar-refractivity contribution in [2.75, 3.05) is 5.32 Å². The van der Waals surface area contributed by atoms with Gasteiger partial charge in [0.2, 0.25) is 0 Å². The fourth-order valence-electron chi connectivity index (χ4n) is 1.71. The Kier molecular flexibility index (Phi) is 3.25. The molecular weight excluding hydrogens is 306 g/mol. The minimum Gasteiger partial charge on any atom is -0.330 e. The van der Waals surface area contributed by atoms with Gasteiger partial charge in [0.15, 0.2) is 5.13 Å². The van der Waals surface area contributed by atoms with E-state index < -0.39 is 11.9 Å². The number of nitrogens with one attached hydrogen (secondary N) is 1. The highest BCUT2D eigenvalue weighted by Gasteiger charge is 2.32. The van der Waals surface area contributed by atoms with Gasteiger partial charge in [-0.1, -0.05) is 11.3 Å². The van der Waals surface area contributed by atoms with Crippen LogP contribution in [0.5, 0.6) is 0 Å². The Hall–Kier alpha value is -2.22. The third-order valence-electron chi connectivity index (χ3n) is 2.66. The van der Waals surface area contributed by atoms with Gasteiger partial charge in [-0.15, -0.1) is 0 Å². The summed E-state index contributed by atoms with van der Waals surface area (Å²) in [6, 6.07) is 6.34. The summed E-state index contributed by atoms with van der Waals surface area (Å²) in [5.74, 6) is -0.367. The first-order chi connectivity index (χ1) is 9.91. The zero-order valence-corrected chi connectivity index (χ0v) is 11.1. The summed E-state index contributed by atoms with van der Waals surface area (Å²) >= 11 is 1.20. The summed E-state index contributed by atoms with van der Waals surface area (Å²) in [4.78, 5) is 7.55. The molecule has 3 rings (SSSR count). The molecule has 1 aromatic carbocycles. The minimum absolute atomic E-state index is 0.367. The molecular formula is C13H7F4N3S. The van der Waals surface area contributed by atoms with Crippen LogP contribution in [0.2, 0.25) is 0 Å². The van der Waals surface area contributed by atoms with E-state index >= 15 is 0 Å². The molecule has 3 nitrogen and oxygen atoms in total. The van der Waals surface area contributed by atoms with Crippen molar-refractivity contribution in [1.82, 2.24) is 9.97 Å². The van der Waals surface area contributed by atoms with Gasteiger partial charge < -0.3 is 5.32 Å². The average Bonchev–Trinajstić information content (AvgIpc) is 2.79. The first-order valence-electron chi connectivity index (χ1n) is 5.78. The van der Waals surface area contributed by atoms with Crippen molar-refractivity contribution < 1.29 is 17.6 Å². The van der Waals surface area contributed by atoms with Crippen molar-refractivity contribution >= 4 is 32.4 Å². The summed E-state index contributed by atoms with van der Waals surface area (Å²) in [5.41, 5.74) is 0.0331. The van der Waals surface area contributed by atoms with Gasteiger partial charge in [0.05, 0.1) is 22.1 Å². The van der Waals surface area contributed by atoms with E-state index in [1.165, 1.54) is 35.6 Å². The smallest absolute Gasteiger partial charge is 0.330 e. The van der Waals surface area contributed by atoms with Crippen molar-refractivity contribution in [2.45, 2.75) is 6.18 Å². The fourth-order valence-corrected chi connectivity index (χ4v) is 2.62. The van der Waals surface area contributed by atoms with E-state index in [1.54, 1.807) is 0 Å². The molecule has 0 bridgehead atoms. The van der Waals surface area contributed by atoms with Crippen LogP contribution in [0.1, 0.15) is 5.69 Å². The highest BCUT2D eigenvalue weighted by molar-refractivity contribution is 7.22. The molecule has 0 saturated heterocycles. The third kappa shape index (κ3) is 2.94. The molecule has 2 heterocycles. The van der Waals surface area contributed by atoms with Crippen LogP contribution < -0.4 is 5.32 Å². The zero-order valence-electron chi connectivity index (χ0n) is 10.3.